The first kappa shape index (κ1) is 45.9. The highest BCUT2D eigenvalue weighted by atomic mass is 15.2. The minimum atomic E-state index is -0.505. The quantitative estimate of drug-likeness (QED) is 0.132. The molecule has 0 N–H and O–H groups in total. The summed E-state index contributed by atoms with van der Waals surface area (Å²) in [6.07, 6.45) is 6.56. The molecule has 10 aromatic carbocycles. The zero-order valence-corrected chi connectivity index (χ0v) is 41.4. The molecule has 0 atom stereocenters. The Hall–Kier alpha value is -8.52. The molecule has 0 bridgehead atoms. The predicted molar refractivity (Wildman–Crippen MR) is 305 cm³/mol. The third-order valence-corrected chi connectivity index (χ3v) is 15.1. The summed E-state index contributed by atoms with van der Waals surface area (Å²) in [5, 5.41) is 0. The summed E-state index contributed by atoms with van der Waals surface area (Å²) >= 11 is 0. The Morgan fingerprint density at radius 3 is 1.21 bits per heavy atom. The summed E-state index contributed by atoms with van der Waals surface area (Å²) in [6, 6.07) is 98.3. The fourth-order valence-electron chi connectivity index (χ4n) is 11.8. The molecule has 0 radical (unpaired) electrons. The first-order valence-electron chi connectivity index (χ1n) is 25.6. The molecule has 0 aromatic heterocycles. The number of fused-ring (bicyclic) bond motifs is 2. The molecule has 10 aromatic rings. The van der Waals surface area contributed by atoms with Gasteiger partial charge in [-0.2, -0.15) is 0 Å². The number of anilines is 2. The smallest absolute Gasteiger partial charge is 0.0707 e. The van der Waals surface area contributed by atoms with Crippen molar-refractivity contribution in [2.75, 3.05) is 4.90 Å². The molecule has 0 saturated heterocycles. The van der Waals surface area contributed by atoms with Crippen molar-refractivity contribution < 1.29 is 0 Å². The fraction of sp³-hybridized carbons (Fsp3) is 0.0986. The van der Waals surface area contributed by atoms with Crippen molar-refractivity contribution in [2.24, 2.45) is 0 Å². The normalized spacial score (nSPS) is 14.0. The molecular formula is C71H59N. The van der Waals surface area contributed by atoms with Crippen molar-refractivity contribution >= 4 is 16.9 Å². The van der Waals surface area contributed by atoms with E-state index >= 15 is 0 Å². The molecule has 0 spiro atoms. The zero-order chi connectivity index (χ0) is 48.9. The maximum Gasteiger partial charge on any atom is 0.0707 e. The van der Waals surface area contributed by atoms with Crippen LogP contribution in [0.3, 0.4) is 0 Å². The van der Waals surface area contributed by atoms with Gasteiger partial charge in [0.05, 0.1) is 11.1 Å². The Bertz CT molecular complexity index is 3420. The van der Waals surface area contributed by atoms with Gasteiger partial charge in [0.1, 0.15) is 0 Å². The van der Waals surface area contributed by atoms with E-state index in [1.165, 1.54) is 89.2 Å². The number of allylic oxidation sites excluding steroid dienone is 4. The maximum atomic E-state index is 2.50. The van der Waals surface area contributed by atoms with Crippen molar-refractivity contribution in [3.8, 4) is 33.4 Å². The van der Waals surface area contributed by atoms with Crippen molar-refractivity contribution in [3.05, 3.63) is 329 Å². The van der Waals surface area contributed by atoms with Crippen LogP contribution in [0, 0.1) is 0 Å². The highest BCUT2D eigenvalue weighted by Gasteiger charge is 2.51. The van der Waals surface area contributed by atoms with E-state index < -0.39 is 10.8 Å². The van der Waals surface area contributed by atoms with Crippen LogP contribution in [0.1, 0.15) is 78.1 Å². The molecule has 0 unspecified atom stereocenters. The molecule has 0 fully saturated rings. The number of rotatable bonds is 10. The summed E-state index contributed by atoms with van der Waals surface area (Å²) in [5.41, 5.74) is 21.7. The van der Waals surface area contributed by atoms with Crippen molar-refractivity contribution in [2.45, 2.75) is 44.4 Å². The third kappa shape index (κ3) is 8.02. The van der Waals surface area contributed by atoms with Crippen LogP contribution in [0.4, 0.5) is 11.4 Å². The molecule has 0 heterocycles. The molecule has 12 rings (SSSR count). The van der Waals surface area contributed by atoms with Crippen molar-refractivity contribution in [3.63, 3.8) is 0 Å². The number of hydrogen-bond acceptors (Lipinski definition) is 1. The summed E-state index contributed by atoms with van der Waals surface area (Å²) in [6.45, 7) is 6.47. The molecule has 348 valence electrons. The maximum absolute atomic E-state index is 2.50. The van der Waals surface area contributed by atoms with Gasteiger partial charge in [0.15, 0.2) is 0 Å². The highest BCUT2D eigenvalue weighted by molar-refractivity contribution is 5.87. The Morgan fingerprint density at radius 1 is 0.319 bits per heavy atom. The number of nitrogens with zero attached hydrogens (tertiary/aromatic N) is 1. The molecule has 0 amide bonds. The Morgan fingerprint density at radius 2 is 0.708 bits per heavy atom. The minimum absolute atomic E-state index is 0.455. The van der Waals surface area contributed by atoms with Gasteiger partial charge >= 0.3 is 0 Å². The standard InChI is InChI=1S/C69H53N.C2H6/c1-68(63-33-17-19-35-65(63)69(56-26-10-4-11-27-56,57-28-12-5-13-29-57)66-36-20-18-34-64(66)68)62-32-16-14-30-60(62)54-44-48-59(49-45-54)70(58-46-42-53(43-47-58)51-24-8-3-9-25-51)67-37-21-15-31-61(67)55-40-38-52(39-41-55)50-22-6-2-7-23-50;1-2/h2-44,46-48H,45,49H2,1H3;1-2H3. The van der Waals surface area contributed by atoms with Gasteiger partial charge < -0.3 is 4.90 Å². The van der Waals surface area contributed by atoms with E-state index in [1.54, 1.807) is 0 Å². The van der Waals surface area contributed by atoms with E-state index in [9.17, 15) is 0 Å². The van der Waals surface area contributed by atoms with Gasteiger partial charge in [-0.25, -0.2) is 0 Å². The number of hydrogen-bond donors (Lipinski definition) is 0. The van der Waals surface area contributed by atoms with Crippen LogP contribution in [0.2, 0.25) is 0 Å². The van der Waals surface area contributed by atoms with Crippen LogP contribution in [-0.2, 0) is 10.8 Å². The van der Waals surface area contributed by atoms with Gasteiger partial charge in [0, 0.05) is 22.4 Å². The zero-order valence-electron chi connectivity index (χ0n) is 41.4. The van der Waals surface area contributed by atoms with E-state index in [2.05, 4.69) is 291 Å². The molecule has 0 saturated carbocycles. The second-order valence-electron chi connectivity index (χ2n) is 18.8. The molecule has 1 nitrogen and oxygen atoms in total. The first-order chi connectivity index (χ1) is 35.6. The van der Waals surface area contributed by atoms with Gasteiger partial charge in [-0.3, -0.25) is 0 Å². The lowest BCUT2D eigenvalue weighted by atomic mass is 9.52. The number of para-hydroxylation sites is 1. The molecule has 0 aliphatic heterocycles. The average molecular weight is 926 g/mol. The van der Waals surface area contributed by atoms with Gasteiger partial charge in [-0.05, 0) is 122 Å². The van der Waals surface area contributed by atoms with Gasteiger partial charge in [-0.1, -0.05) is 269 Å². The Balaban J connectivity index is 0.00000277. The number of benzene rings is 10. The second kappa shape index (κ2) is 20.1. The Labute approximate surface area is 426 Å². The lowest BCUT2D eigenvalue weighted by Crippen LogP contribution is -2.43. The third-order valence-electron chi connectivity index (χ3n) is 15.1. The highest BCUT2D eigenvalue weighted by Crippen LogP contribution is 2.58. The largest absolute Gasteiger partial charge is 0.314 e. The van der Waals surface area contributed by atoms with Crippen LogP contribution in [-0.4, -0.2) is 0 Å². The van der Waals surface area contributed by atoms with E-state index in [-0.39, 0.29) is 0 Å². The summed E-state index contributed by atoms with van der Waals surface area (Å²) in [5.74, 6) is 0. The summed E-state index contributed by atoms with van der Waals surface area (Å²) in [7, 11) is 0. The summed E-state index contributed by atoms with van der Waals surface area (Å²) < 4.78 is 0. The topological polar surface area (TPSA) is 3.24 Å². The summed E-state index contributed by atoms with van der Waals surface area (Å²) in [4.78, 5) is 2.50. The monoisotopic (exact) mass is 925 g/mol. The van der Waals surface area contributed by atoms with Gasteiger partial charge in [0.25, 0.3) is 0 Å². The van der Waals surface area contributed by atoms with Crippen LogP contribution < -0.4 is 4.90 Å². The van der Waals surface area contributed by atoms with Crippen LogP contribution in [0.15, 0.2) is 285 Å². The van der Waals surface area contributed by atoms with Gasteiger partial charge in [-0.15, -0.1) is 0 Å². The van der Waals surface area contributed by atoms with E-state index in [0.29, 0.717) is 0 Å². The van der Waals surface area contributed by atoms with Crippen molar-refractivity contribution in [1.82, 2.24) is 0 Å². The lowest BCUT2D eigenvalue weighted by Gasteiger charge is -2.49. The van der Waals surface area contributed by atoms with Gasteiger partial charge in [0.2, 0.25) is 0 Å². The first-order valence-corrected chi connectivity index (χ1v) is 25.6. The average Bonchev–Trinajstić information content (AvgIpc) is 3.47. The molecule has 2 aliphatic carbocycles. The Kier molecular flexibility index (Phi) is 12.8. The van der Waals surface area contributed by atoms with E-state index in [4.69, 9.17) is 0 Å². The molecule has 72 heavy (non-hydrogen) atoms. The minimum Gasteiger partial charge on any atom is -0.314 e. The van der Waals surface area contributed by atoms with E-state index in [0.717, 1.165) is 24.2 Å². The molecular weight excluding hydrogens is 867 g/mol. The van der Waals surface area contributed by atoms with Crippen LogP contribution in [0.25, 0.3) is 39.0 Å². The predicted octanol–water partition coefficient (Wildman–Crippen LogP) is 18.7. The van der Waals surface area contributed by atoms with Crippen molar-refractivity contribution in [1.29, 1.82) is 0 Å². The van der Waals surface area contributed by atoms with Crippen LogP contribution in [0.5, 0.6) is 0 Å². The second-order valence-corrected chi connectivity index (χ2v) is 18.8. The molecule has 1 heteroatoms. The van der Waals surface area contributed by atoms with Crippen LogP contribution >= 0.6 is 0 Å². The van der Waals surface area contributed by atoms with E-state index in [1.807, 2.05) is 13.8 Å². The lowest BCUT2D eigenvalue weighted by molar-refractivity contribution is 0.588. The SMILES string of the molecule is CC.CC1(c2ccccc2C2=CC=C(N(c3ccc(-c4ccccc4)cc3)c3ccccc3-c3ccc(-c4ccccc4)cc3)CC2)c2ccccc2C(c2ccccc2)(c2ccccc2)c2ccccc21. The fourth-order valence-corrected chi connectivity index (χ4v) is 11.8. The molecule has 2 aliphatic rings.